The average Bonchev–Trinajstić information content (AvgIpc) is 0.698. The zero-order valence-corrected chi connectivity index (χ0v) is 65.1. The van der Waals surface area contributed by atoms with Crippen molar-refractivity contribution in [3.8, 4) is 22.3 Å². The van der Waals surface area contributed by atoms with E-state index in [0.29, 0.717) is 0 Å². The van der Waals surface area contributed by atoms with Gasteiger partial charge < -0.3 is 19.6 Å². The van der Waals surface area contributed by atoms with Crippen molar-refractivity contribution in [2.24, 2.45) is 0 Å². The van der Waals surface area contributed by atoms with Crippen molar-refractivity contribution in [3.05, 3.63) is 473 Å². The molecule has 0 fully saturated rings. The number of halogens is 1. The van der Waals surface area contributed by atoms with Gasteiger partial charge in [0.05, 0.1) is 5.69 Å². The van der Waals surface area contributed by atoms with Crippen LogP contribution in [0.4, 0.5) is 72.6 Å². The van der Waals surface area contributed by atoms with Crippen molar-refractivity contribution >= 4 is 158 Å². The monoisotopic (exact) mass is 1500 g/mol. The van der Waals surface area contributed by atoms with Gasteiger partial charge in [-0.1, -0.05) is 352 Å². The first kappa shape index (κ1) is 69.7. The van der Waals surface area contributed by atoms with E-state index >= 15 is 0 Å². The first-order chi connectivity index (χ1) is 57.0. The van der Waals surface area contributed by atoms with Crippen LogP contribution in [0.5, 0.6) is 0 Å². The van der Waals surface area contributed by atoms with Crippen LogP contribution in [0.15, 0.2) is 467 Å². The van der Waals surface area contributed by atoms with E-state index in [2.05, 4.69) is 462 Å². The Morgan fingerprint density at radius 2 is 0.504 bits per heavy atom. The Bertz CT molecular complexity index is 6520. The summed E-state index contributed by atoms with van der Waals surface area (Å²) in [6.07, 6.45) is 0. The van der Waals surface area contributed by atoms with E-state index < -0.39 is 16.1 Å². The van der Waals surface area contributed by atoms with Crippen LogP contribution in [-0.4, -0.2) is 16.1 Å². The Morgan fingerprint density at radius 1 is 0.209 bits per heavy atom. The smallest absolute Gasteiger partial charge is 0.184 e. The molecule has 0 saturated heterocycles. The third kappa shape index (κ3) is 12.2. The molecule has 0 aliphatic carbocycles. The van der Waals surface area contributed by atoms with E-state index in [0.717, 1.165) is 62.0 Å². The first-order valence-electron chi connectivity index (χ1n) is 39.4. The van der Waals surface area contributed by atoms with Crippen LogP contribution >= 0.6 is 0 Å². The summed E-state index contributed by atoms with van der Waals surface area (Å²) in [4.78, 5) is 9.62. The van der Waals surface area contributed by atoms with Gasteiger partial charge in [-0.2, -0.15) is 0 Å². The lowest BCUT2D eigenvalue weighted by Crippen LogP contribution is -2.77. The minimum Gasteiger partial charge on any atom is -0.311 e. The Kier molecular flexibility index (Phi) is 18.2. The van der Waals surface area contributed by atoms with Crippen molar-refractivity contribution < 1.29 is 4.39 Å². The predicted molar refractivity (Wildman–Crippen MR) is 489 cm³/mol. The maximum Gasteiger partial charge on any atom is 0.184 e. The second-order valence-electron chi connectivity index (χ2n) is 29.5. The van der Waals surface area contributed by atoms with Gasteiger partial charge >= 0.3 is 0 Å². The number of hydrogen-bond donors (Lipinski definition) is 0. The molecule has 19 aromatic rings. The van der Waals surface area contributed by atoms with Crippen molar-refractivity contribution in [3.63, 3.8) is 0 Å². The van der Waals surface area contributed by atoms with E-state index in [-0.39, 0.29) is 5.82 Å². The van der Waals surface area contributed by atoms with Gasteiger partial charge in [-0.05, 0) is 206 Å². The van der Waals surface area contributed by atoms with E-state index in [1.165, 1.54) is 102 Å². The van der Waals surface area contributed by atoms with Crippen molar-refractivity contribution in [1.82, 2.24) is 0 Å². The molecular formula is C108H77FN4Si2. The van der Waals surface area contributed by atoms with Crippen LogP contribution in [0.3, 0.4) is 0 Å². The number of hydrogen-bond acceptors (Lipinski definition) is 4. The minimum atomic E-state index is -2.86. The first-order valence-corrected chi connectivity index (χ1v) is 43.4. The van der Waals surface area contributed by atoms with Crippen LogP contribution in [-0.2, 0) is 0 Å². The van der Waals surface area contributed by atoms with Crippen LogP contribution in [0.1, 0.15) is 0 Å². The van der Waals surface area contributed by atoms with Gasteiger partial charge in [0.2, 0.25) is 0 Å². The third-order valence-corrected chi connectivity index (χ3v) is 33.0. The van der Waals surface area contributed by atoms with Crippen molar-refractivity contribution in [2.75, 3.05) is 19.6 Å². The Labute approximate surface area is 672 Å². The molecule has 0 aromatic heterocycles. The maximum absolute atomic E-state index is 14.4. The summed E-state index contributed by atoms with van der Waals surface area (Å²) < 4.78 is 14.4. The number of nitrogens with zero attached hydrogens (tertiary/aromatic N) is 4. The summed E-state index contributed by atoms with van der Waals surface area (Å²) in [6.45, 7) is 0. The minimum absolute atomic E-state index is 0.259. The van der Waals surface area contributed by atoms with Crippen LogP contribution in [0, 0.1) is 5.82 Å². The van der Waals surface area contributed by atoms with E-state index in [1.54, 1.807) is 12.1 Å². The summed E-state index contributed by atoms with van der Waals surface area (Å²) in [5.74, 6) is -0.259. The standard InChI is InChI=1S/C62H44N2Si.C46H33FN2Si/c1-4-22-49(23-5-1)64-59-32-14-15-33-61(59)65(53-24-6-2-7-25-53,54-26-8-3-9-27-54)62-43-42-52(44-60(62)64)63(50-38-34-47(35-39-50)57-30-16-20-45-18-10-12-28-55(45)57)51-40-36-48(37-41-51)58-31-17-21-46-19-11-13-29-56(46)58;47-35-27-29-37(30-28-35)48(42-25-14-16-34-15-10-11-23-41(34)42)38-31-32-46-44(33-38)49(36-17-4-1-5-18-36)43-24-12-13-26-45(43)50(46,39-19-6-2-7-20-39)40-21-8-3-9-22-40/h1-44H;1-33H. The quantitative estimate of drug-likeness (QED) is 0.101. The van der Waals surface area contributed by atoms with E-state index in [4.69, 9.17) is 0 Å². The number of fused-ring (bicyclic) bond motifs is 7. The van der Waals surface area contributed by atoms with Gasteiger partial charge in [0.25, 0.3) is 0 Å². The second-order valence-corrected chi connectivity index (χ2v) is 37.0. The Balaban J connectivity index is 0.000000154. The highest BCUT2D eigenvalue weighted by atomic mass is 28.3. The highest BCUT2D eigenvalue weighted by Gasteiger charge is 2.51. The summed E-state index contributed by atoms with van der Waals surface area (Å²) in [5.41, 5.74) is 18.0. The normalized spacial score (nSPS) is 12.8. The molecule has 0 bridgehead atoms. The molecular weight excluding hydrogens is 1430 g/mol. The van der Waals surface area contributed by atoms with Crippen molar-refractivity contribution in [1.29, 1.82) is 0 Å². The van der Waals surface area contributed by atoms with Gasteiger partial charge in [0.15, 0.2) is 16.1 Å². The summed E-state index contributed by atoms with van der Waals surface area (Å²) in [5, 5.41) is 18.1. The zero-order chi connectivity index (χ0) is 76.7. The molecule has 21 rings (SSSR count). The molecule has 7 heteroatoms. The van der Waals surface area contributed by atoms with Gasteiger partial charge in [-0.25, -0.2) is 4.39 Å². The van der Waals surface area contributed by atoms with Crippen LogP contribution in [0.25, 0.3) is 54.6 Å². The molecule has 115 heavy (non-hydrogen) atoms. The number of rotatable bonds is 14. The second kappa shape index (κ2) is 30.0. The van der Waals surface area contributed by atoms with Crippen LogP contribution < -0.4 is 61.1 Å². The van der Waals surface area contributed by atoms with Crippen LogP contribution in [0.2, 0.25) is 0 Å². The molecule has 0 N–H and O–H groups in total. The van der Waals surface area contributed by atoms with Gasteiger partial charge in [0, 0.05) is 67.9 Å². The molecule has 19 aromatic carbocycles. The molecule has 2 heterocycles. The molecule has 0 spiro atoms. The SMILES string of the molecule is Fc1ccc(N(c2ccc3c(c2)N(c2ccccc2)c2ccccc2[Si]3(c2ccccc2)c2ccccc2)c2cccc3ccccc23)cc1.c1ccc(N2c3ccccc3[Si](c3ccccc3)(c3ccccc3)c3ccc(N(c4ccc(-c5cccc6ccccc56)cc4)c4ccc(-c5cccc6ccccc56)cc4)cc32)cc1. The number of benzene rings is 19. The molecule has 2 aliphatic rings. The van der Waals surface area contributed by atoms with Crippen molar-refractivity contribution in [2.45, 2.75) is 0 Å². The largest absolute Gasteiger partial charge is 0.311 e. The molecule has 0 amide bonds. The average molecular weight is 1510 g/mol. The fourth-order valence-electron chi connectivity index (χ4n) is 18.3. The van der Waals surface area contributed by atoms with E-state index in [9.17, 15) is 4.39 Å². The zero-order valence-electron chi connectivity index (χ0n) is 63.1. The summed E-state index contributed by atoms with van der Waals surface area (Å²) in [6, 6.07) is 169. The third-order valence-electron chi connectivity index (χ3n) is 23.3. The molecule has 2 aliphatic heterocycles. The molecule has 0 radical (unpaired) electrons. The highest BCUT2D eigenvalue weighted by Crippen LogP contribution is 2.47. The Hall–Kier alpha value is -14.5. The van der Waals surface area contributed by atoms with Gasteiger partial charge in [0.1, 0.15) is 5.82 Å². The molecule has 544 valence electrons. The molecule has 0 unspecified atom stereocenters. The summed E-state index contributed by atoms with van der Waals surface area (Å²) >= 11 is 0. The molecule has 0 saturated carbocycles. The van der Waals surface area contributed by atoms with Gasteiger partial charge in [-0.3, -0.25) is 0 Å². The molecule has 0 atom stereocenters. The lowest BCUT2D eigenvalue weighted by atomic mass is 9.97. The van der Waals surface area contributed by atoms with Gasteiger partial charge in [-0.15, -0.1) is 0 Å². The predicted octanol–water partition coefficient (Wildman–Crippen LogP) is 23.6. The topological polar surface area (TPSA) is 13.0 Å². The lowest BCUT2D eigenvalue weighted by Gasteiger charge is -2.45. The number of anilines is 12. The fourth-order valence-corrected chi connectivity index (χ4v) is 28.4. The van der Waals surface area contributed by atoms with E-state index in [1.807, 2.05) is 12.1 Å². The number of para-hydroxylation sites is 4. The maximum atomic E-state index is 14.4. The fraction of sp³-hybridized carbons (Fsp3) is 0. The molecule has 4 nitrogen and oxygen atoms in total. The lowest BCUT2D eigenvalue weighted by molar-refractivity contribution is 0.628. The Morgan fingerprint density at radius 3 is 0.922 bits per heavy atom. The summed E-state index contributed by atoms with van der Waals surface area (Å²) in [7, 11) is -5.69. The highest BCUT2D eigenvalue weighted by molar-refractivity contribution is 7.22.